The van der Waals surface area contributed by atoms with Crippen LogP contribution in [0.25, 0.3) is 0 Å². The van der Waals surface area contributed by atoms with E-state index < -0.39 is 75.4 Å². The standard InChI is InChI=1S/C36H44FNO10/c1-5-6-10-31(42)48-36(30(41)21-46-32(43)17-23-8-7-9-24(16-23)20-47-38(44)45)22(2)15-28-27-12-11-25-18-26(39)13-14-33(25,3)35(27,37)29(40)19-34(28,36)4/h7-9,13-14,16,18,22,27-29,40H,5-6,10-12,15,17,19-21H2,1-4H3/t22-,27?,28-,29-,33-,34-,35-,36-/m0/s1. The molecule has 0 saturated heterocycles. The average Bonchev–Trinajstić information content (AvgIpc) is 3.25. The number of carbonyl (C=O) groups is 4. The number of hydrogen-bond donors (Lipinski definition) is 1. The zero-order valence-electron chi connectivity index (χ0n) is 27.9. The molecule has 5 rings (SSSR count). The molecule has 0 aromatic heterocycles. The second kappa shape index (κ2) is 13.2. The third-order valence-electron chi connectivity index (χ3n) is 11.6. The third-order valence-corrected chi connectivity index (χ3v) is 11.6. The Balaban J connectivity index is 1.42. The van der Waals surface area contributed by atoms with Gasteiger partial charge in [0.15, 0.2) is 23.7 Å². The number of rotatable bonds is 12. The van der Waals surface area contributed by atoms with Gasteiger partial charge in [0, 0.05) is 29.1 Å². The Morgan fingerprint density at radius 2 is 1.88 bits per heavy atom. The molecule has 1 unspecified atom stereocenters. The van der Waals surface area contributed by atoms with Crippen LogP contribution in [0.2, 0.25) is 0 Å². The summed E-state index contributed by atoms with van der Waals surface area (Å²) in [7, 11) is 0. The predicted molar refractivity (Wildman–Crippen MR) is 169 cm³/mol. The lowest BCUT2D eigenvalue weighted by atomic mass is 9.44. The Morgan fingerprint density at radius 1 is 1.15 bits per heavy atom. The molecule has 1 aromatic carbocycles. The number of benzene rings is 1. The van der Waals surface area contributed by atoms with E-state index in [2.05, 4.69) is 4.84 Å². The molecule has 48 heavy (non-hydrogen) atoms. The van der Waals surface area contributed by atoms with E-state index in [0.717, 1.165) is 6.42 Å². The maximum Gasteiger partial charge on any atom is 0.310 e. The van der Waals surface area contributed by atoms with Crippen LogP contribution in [0.15, 0.2) is 48.1 Å². The summed E-state index contributed by atoms with van der Waals surface area (Å²) in [6, 6.07) is 6.41. The fourth-order valence-corrected chi connectivity index (χ4v) is 9.38. The molecule has 0 aliphatic heterocycles. The third kappa shape index (κ3) is 5.75. The van der Waals surface area contributed by atoms with E-state index in [9.17, 15) is 34.4 Å². The summed E-state index contributed by atoms with van der Waals surface area (Å²) >= 11 is 0. The number of alkyl halides is 1. The van der Waals surface area contributed by atoms with Gasteiger partial charge in [-0.05, 0) is 68.2 Å². The van der Waals surface area contributed by atoms with Gasteiger partial charge in [0.2, 0.25) is 5.78 Å². The van der Waals surface area contributed by atoms with Gasteiger partial charge < -0.3 is 19.4 Å². The Labute approximate surface area is 279 Å². The molecule has 4 aliphatic carbocycles. The average molecular weight is 670 g/mol. The molecule has 3 fully saturated rings. The molecule has 0 heterocycles. The van der Waals surface area contributed by atoms with Crippen molar-refractivity contribution in [1.82, 2.24) is 0 Å². The molecule has 0 amide bonds. The minimum atomic E-state index is -2.13. The van der Waals surface area contributed by atoms with E-state index in [1.807, 2.05) is 6.92 Å². The maximum atomic E-state index is 17.7. The summed E-state index contributed by atoms with van der Waals surface area (Å²) in [6.45, 7) is 6.21. The topological polar surface area (TPSA) is 159 Å². The van der Waals surface area contributed by atoms with E-state index in [-0.39, 0.29) is 31.7 Å². The van der Waals surface area contributed by atoms with E-state index >= 15 is 4.39 Å². The van der Waals surface area contributed by atoms with Crippen molar-refractivity contribution in [2.75, 3.05) is 6.61 Å². The number of halogens is 1. The number of unbranched alkanes of at least 4 members (excludes halogenated alkanes) is 1. The van der Waals surface area contributed by atoms with Gasteiger partial charge in [-0.15, -0.1) is 10.1 Å². The van der Waals surface area contributed by atoms with E-state index in [4.69, 9.17) is 9.47 Å². The highest BCUT2D eigenvalue weighted by atomic mass is 19.1. The van der Waals surface area contributed by atoms with Crippen LogP contribution >= 0.6 is 0 Å². The van der Waals surface area contributed by atoms with Crippen LogP contribution in [0.3, 0.4) is 0 Å². The second-order valence-electron chi connectivity index (χ2n) is 14.3. The summed E-state index contributed by atoms with van der Waals surface area (Å²) in [5.74, 6) is -3.91. The van der Waals surface area contributed by atoms with Gasteiger partial charge in [0.05, 0.1) is 12.5 Å². The number of allylic oxidation sites excluding steroid dienone is 4. The van der Waals surface area contributed by atoms with Crippen LogP contribution in [-0.2, 0) is 46.5 Å². The van der Waals surface area contributed by atoms with Crippen molar-refractivity contribution in [3.63, 3.8) is 0 Å². The van der Waals surface area contributed by atoms with Crippen LogP contribution in [0, 0.1) is 38.7 Å². The Morgan fingerprint density at radius 3 is 2.58 bits per heavy atom. The largest absolute Gasteiger partial charge is 0.457 e. The van der Waals surface area contributed by atoms with Crippen molar-refractivity contribution >= 4 is 23.5 Å². The Kier molecular flexibility index (Phi) is 9.71. The lowest BCUT2D eigenvalue weighted by molar-refractivity contribution is -0.763. The summed E-state index contributed by atoms with van der Waals surface area (Å²) in [6.07, 6.45) is 4.88. The van der Waals surface area contributed by atoms with Crippen LogP contribution in [0.1, 0.15) is 83.8 Å². The molecule has 8 atom stereocenters. The minimum Gasteiger partial charge on any atom is -0.457 e. The van der Waals surface area contributed by atoms with Gasteiger partial charge in [-0.1, -0.05) is 63.1 Å². The monoisotopic (exact) mass is 669 g/mol. The van der Waals surface area contributed by atoms with E-state index in [1.165, 1.54) is 12.2 Å². The lowest BCUT2D eigenvalue weighted by Gasteiger charge is -2.62. The molecule has 0 spiro atoms. The van der Waals surface area contributed by atoms with Crippen molar-refractivity contribution in [2.24, 2.45) is 28.6 Å². The molecule has 0 bridgehead atoms. The van der Waals surface area contributed by atoms with Gasteiger partial charge >= 0.3 is 11.9 Å². The van der Waals surface area contributed by atoms with Crippen molar-refractivity contribution in [1.29, 1.82) is 0 Å². The summed E-state index contributed by atoms with van der Waals surface area (Å²) in [4.78, 5) is 67.8. The number of ether oxygens (including phenoxy) is 2. The van der Waals surface area contributed by atoms with Crippen molar-refractivity contribution < 1.29 is 48.1 Å². The Bertz CT molecular complexity index is 1560. The second-order valence-corrected chi connectivity index (χ2v) is 14.3. The molecule has 260 valence electrons. The first-order valence-corrected chi connectivity index (χ1v) is 16.7. The number of fused-ring (bicyclic) bond motifs is 5. The first-order chi connectivity index (χ1) is 22.6. The molecule has 12 heteroatoms. The quantitative estimate of drug-likeness (QED) is 0.179. The number of aliphatic hydroxyl groups excluding tert-OH is 1. The first-order valence-electron chi connectivity index (χ1n) is 16.7. The fourth-order valence-electron chi connectivity index (χ4n) is 9.38. The SMILES string of the molecule is CCCCC(=O)O[C@]1(C(=O)COC(=O)Cc2cccc(CO[N+](=O)[O-])c2)[C@@H](C)C[C@H]2C3CCC4=CC(=O)C=C[C@]4(C)[C@@]3(F)[C@@H](O)C[C@@]21C. The highest BCUT2D eigenvalue weighted by Gasteiger charge is 2.77. The normalized spacial score (nSPS) is 35.0. The highest BCUT2D eigenvalue weighted by Crippen LogP contribution is 2.71. The van der Waals surface area contributed by atoms with Crippen molar-refractivity contribution in [3.8, 4) is 0 Å². The number of aliphatic hydroxyl groups is 1. The molecular weight excluding hydrogens is 625 g/mol. The maximum absolute atomic E-state index is 17.7. The van der Waals surface area contributed by atoms with Gasteiger partial charge in [-0.25, -0.2) is 4.39 Å². The van der Waals surface area contributed by atoms with Crippen LogP contribution in [-0.4, -0.2) is 57.7 Å². The van der Waals surface area contributed by atoms with Crippen LogP contribution in [0.5, 0.6) is 0 Å². The molecule has 11 nitrogen and oxygen atoms in total. The van der Waals surface area contributed by atoms with E-state index in [0.29, 0.717) is 42.4 Å². The minimum absolute atomic E-state index is 0.0688. The highest BCUT2D eigenvalue weighted by molar-refractivity contribution is 6.01. The zero-order chi connectivity index (χ0) is 35.1. The molecule has 4 aliphatic rings. The fraction of sp³-hybridized carbons (Fsp3) is 0.611. The number of esters is 2. The number of hydrogen-bond acceptors (Lipinski definition) is 10. The zero-order valence-corrected chi connectivity index (χ0v) is 27.9. The van der Waals surface area contributed by atoms with Crippen molar-refractivity contribution in [3.05, 3.63) is 69.3 Å². The lowest BCUT2D eigenvalue weighted by Crippen LogP contribution is -2.70. The number of Topliss-reactive ketones (excluding diaryl/α,β-unsaturated/α-hetero) is 1. The molecule has 0 radical (unpaired) electrons. The summed E-state index contributed by atoms with van der Waals surface area (Å²) in [5.41, 5.74) is -4.73. The van der Waals surface area contributed by atoms with E-state index in [1.54, 1.807) is 51.1 Å². The van der Waals surface area contributed by atoms with Gasteiger partial charge in [0.25, 0.3) is 5.09 Å². The predicted octanol–water partition coefficient (Wildman–Crippen LogP) is 5.14. The van der Waals surface area contributed by atoms with Gasteiger partial charge in [-0.3, -0.25) is 19.2 Å². The molecule has 1 N–H and O–H groups in total. The number of ketones is 2. The summed E-state index contributed by atoms with van der Waals surface area (Å²) < 4.78 is 29.4. The van der Waals surface area contributed by atoms with Gasteiger partial charge in [-0.2, -0.15) is 0 Å². The Hall–Kier alpha value is -3.93. The summed E-state index contributed by atoms with van der Waals surface area (Å²) in [5, 5.41) is 21.4. The first kappa shape index (κ1) is 35.4. The number of nitrogens with zero attached hydrogens (tertiary/aromatic N) is 1. The smallest absolute Gasteiger partial charge is 0.310 e. The molecular formula is C36H44FNO10. The molecule has 3 saturated carbocycles. The van der Waals surface area contributed by atoms with Crippen molar-refractivity contribution in [2.45, 2.75) is 103 Å². The van der Waals surface area contributed by atoms with Crippen LogP contribution in [0.4, 0.5) is 4.39 Å². The van der Waals surface area contributed by atoms with Gasteiger partial charge in [0.1, 0.15) is 6.61 Å². The molecule has 1 aromatic rings. The number of carbonyl (C=O) groups excluding carboxylic acids is 4. The van der Waals surface area contributed by atoms with Crippen LogP contribution < -0.4 is 0 Å².